The molecule has 0 saturated heterocycles. The number of carbonyl (C=O) groups excluding carboxylic acids is 1. The van der Waals surface area contributed by atoms with Gasteiger partial charge in [0.05, 0.1) is 6.61 Å². The highest BCUT2D eigenvalue weighted by atomic mass is 16.5. The van der Waals surface area contributed by atoms with E-state index in [0.29, 0.717) is 0 Å². The first-order chi connectivity index (χ1) is 7.97. The molecule has 1 heterocycles. The number of carbonyl (C=O) groups is 1. The van der Waals surface area contributed by atoms with Crippen LogP contribution in [-0.2, 0) is 23.6 Å². The first-order valence-corrected chi connectivity index (χ1v) is 5.14. The lowest BCUT2D eigenvalue weighted by atomic mass is 10.5. The highest BCUT2D eigenvalue weighted by molar-refractivity contribution is 5.74. The Morgan fingerprint density at radius 3 is 2.59 bits per heavy atom. The van der Waals surface area contributed by atoms with Crippen LogP contribution < -0.4 is 16.6 Å². The first-order valence-electron chi connectivity index (χ1n) is 5.14. The van der Waals surface area contributed by atoms with Crippen LogP contribution in [0.5, 0.6) is 0 Å². The van der Waals surface area contributed by atoms with Gasteiger partial charge in [0.25, 0.3) is 5.56 Å². The van der Waals surface area contributed by atoms with Crippen LogP contribution in [0.1, 0.15) is 6.92 Å². The van der Waals surface area contributed by atoms with E-state index in [1.807, 2.05) is 0 Å². The van der Waals surface area contributed by atoms with E-state index in [1.54, 1.807) is 6.92 Å². The maximum Gasteiger partial charge on any atom is 0.332 e. The molecule has 0 aliphatic carbocycles. The van der Waals surface area contributed by atoms with E-state index in [2.05, 4.69) is 5.32 Å². The summed E-state index contributed by atoms with van der Waals surface area (Å²) in [6.07, 6.45) is 0. The number of hydrogen-bond donors (Lipinski definition) is 1. The van der Waals surface area contributed by atoms with Crippen LogP contribution in [0.2, 0.25) is 0 Å². The van der Waals surface area contributed by atoms with E-state index < -0.39 is 17.2 Å². The van der Waals surface area contributed by atoms with Crippen LogP contribution >= 0.6 is 0 Å². The number of hydrogen-bond acceptors (Lipinski definition) is 5. The highest BCUT2D eigenvalue weighted by Gasteiger charge is 2.07. The SMILES string of the molecule is CCOC(=O)CNc1cc(=O)n(C)c(=O)n1C. The van der Waals surface area contributed by atoms with Crippen molar-refractivity contribution in [2.45, 2.75) is 6.92 Å². The minimum absolute atomic E-state index is 0.0890. The predicted molar refractivity (Wildman–Crippen MR) is 62.0 cm³/mol. The second kappa shape index (κ2) is 5.33. The third kappa shape index (κ3) is 2.96. The molecule has 0 aliphatic heterocycles. The first kappa shape index (κ1) is 13.0. The Morgan fingerprint density at radius 2 is 2.00 bits per heavy atom. The second-order valence-electron chi connectivity index (χ2n) is 3.43. The molecule has 1 N–H and O–H groups in total. The van der Waals surface area contributed by atoms with E-state index in [9.17, 15) is 14.4 Å². The Bertz CT molecular complexity index is 529. The van der Waals surface area contributed by atoms with Crippen LogP contribution in [0.4, 0.5) is 5.82 Å². The molecule has 0 saturated carbocycles. The van der Waals surface area contributed by atoms with Gasteiger partial charge in [0, 0.05) is 20.2 Å². The van der Waals surface area contributed by atoms with Gasteiger partial charge in [-0.3, -0.25) is 18.7 Å². The van der Waals surface area contributed by atoms with Gasteiger partial charge in [0.15, 0.2) is 0 Å². The summed E-state index contributed by atoms with van der Waals surface area (Å²) in [5.74, 6) is -0.160. The Labute approximate surface area is 97.6 Å². The molecule has 1 aromatic rings. The average molecular weight is 241 g/mol. The second-order valence-corrected chi connectivity index (χ2v) is 3.43. The molecule has 7 nitrogen and oxygen atoms in total. The Morgan fingerprint density at radius 1 is 1.35 bits per heavy atom. The van der Waals surface area contributed by atoms with Crippen molar-refractivity contribution >= 4 is 11.8 Å². The van der Waals surface area contributed by atoms with Crippen LogP contribution in [0.3, 0.4) is 0 Å². The molecular weight excluding hydrogens is 226 g/mol. The number of rotatable bonds is 4. The van der Waals surface area contributed by atoms with E-state index in [0.717, 1.165) is 4.57 Å². The van der Waals surface area contributed by atoms with Gasteiger partial charge in [-0.15, -0.1) is 0 Å². The monoisotopic (exact) mass is 241 g/mol. The Balaban J connectivity index is 2.90. The van der Waals surface area contributed by atoms with E-state index in [-0.39, 0.29) is 19.0 Å². The van der Waals surface area contributed by atoms with Crippen molar-refractivity contribution < 1.29 is 9.53 Å². The van der Waals surface area contributed by atoms with Gasteiger partial charge in [0.1, 0.15) is 12.4 Å². The van der Waals surface area contributed by atoms with Crippen molar-refractivity contribution in [2.24, 2.45) is 14.1 Å². The largest absolute Gasteiger partial charge is 0.465 e. The van der Waals surface area contributed by atoms with Crippen molar-refractivity contribution in [2.75, 3.05) is 18.5 Å². The van der Waals surface area contributed by atoms with Crippen molar-refractivity contribution in [1.29, 1.82) is 0 Å². The molecule has 0 radical (unpaired) electrons. The summed E-state index contributed by atoms with van der Waals surface area (Å²) >= 11 is 0. The maximum absolute atomic E-state index is 11.6. The molecule has 0 unspecified atom stereocenters. The molecule has 7 heteroatoms. The normalized spacial score (nSPS) is 10.1. The molecule has 0 fully saturated rings. The van der Waals surface area contributed by atoms with Crippen LogP contribution in [-0.4, -0.2) is 28.3 Å². The zero-order chi connectivity index (χ0) is 13.0. The maximum atomic E-state index is 11.6. The fourth-order valence-corrected chi connectivity index (χ4v) is 1.28. The molecule has 0 aliphatic rings. The van der Waals surface area contributed by atoms with Crippen LogP contribution in [0, 0.1) is 0 Å². The smallest absolute Gasteiger partial charge is 0.332 e. The van der Waals surface area contributed by atoms with Gasteiger partial charge in [-0.1, -0.05) is 0 Å². The minimum atomic E-state index is -0.455. The zero-order valence-electron chi connectivity index (χ0n) is 10.0. The molecule has 1 aromatic heterocycles. The predicted octanol–water partition coefficient (Wildman–Crippen LogP) is -0.941. The molecule has 0 aromatic carbocycles. The van der Waals surface area contributed by atoms with Gasteiger partial charge in [-0.2, -0.15) is 0 Å². The Hall–Kier alpha value is -2.05. The summed E-state index contributed by atoms with van der Waals surface area (Å²) in [6.45, 7) is 1.90. The number of nitrogens with zero attached hydrogens (tertiary/aromatic N) is 2. The molecule has 1 rings (SSSR count). The minimum Gasteiger partial charge on any atom is -0.465 e. The standard InChI is InChI=1S/C10H15N3O4/c1-4-17-9(15)6-11-7-5-8(14)13(3)10(16)12(7)2/h5,11H,4,6H2,1-3H3. The van der Waals surface area contributed by atoms with Crippen molar-refractivity contribution in [3.63, 3.8) is 0 Å². The Kier molecular flexibility index (Phi) is 4.08. The summed E-state index contributed by atoms with van der Waals surface area (Å²) in [6, 6.07) is 1.25. The number of esters is 1. The van der Waals surface area contributed by atoms with E-state index >= 15 is 0 Å². The summed E-state index contributed by atoms with van der Waals surface area (Å²) in [7, 11) is 2.90. The lowest BCUT2D eigenvalue weighted by Gasteiger charge is -2.10. The summed E-state index contributed by atoms with van der Waals surface area (Å²) < 4.78 is 6.95. The lowest BCUT2D eigenvalue weighted by molar-refractivity contribution is -0.140. The van der Waals surface area contributed by atoms with Gasteiger partial charge in [-0.05, 0) is 6.92 Å². The quantitative estimate of drug-likeness (QED) is 0.688. The molecule has 0 atom stereocenters. The fraction of sp³-hybridized carbons (Fsp3) is 0.500. The highest BCUT2D eigenvalue weighted by Crippen LogP contribution is 1.97. The third-order valence-corrected chi connectivity index (χ3v) is 2.25. The van der Waals surface area contributed by atoms with E-state index in [1.165, 1.54) is 24.7 Å². The van der Waals surface area contributed by atoms with E-state index in [4.69, 9.17) is 4.74 Å². The molecule has 0 amide bonds. The molecular formula is C10H15N3O4. The van der Waals surface area contributed by atoms with Gasteiger partial charge in [0.2, 0.25) is 0 Å². The molecule has 0 spiro atoms. The lowest BCUT2D eigenvalue weighted by Crippen LogP contribution is -2.38. The van der Waals surface area contributed by atoms with Gasteiger partial charge >= 0.3 is 11.7 Å². The summed E-state index contributed by atoms with van der Waals surface area (Å²) in [4.78, 5) is 34.0. The molecule has 0 bridgehead atoms. The number of aromatic nitrogens is 2. The fourth-order valence-electron chi connectivity index (χ4n) is 1.28. The van der Waals surface area contributed by atoms with Crippen LogP contribution in [0.25, 0.3) is 0 Å². The zero-order valence-corrected chi connectivity index (χ0v) is 10.0. The number of nitrogens with one attached hydrogen (secondary N) is 1. The van der Waals surface area contributed by atoms with Crippen LogP contribution in [0.15, 0.2) is 15.7 Å². The topological polar surface area (TPSA) is 82.3 Å². The number of ether oxygens (including phenoxy) is 1. The summed E-state index contributed by atoms with van der Waals surface area (Å²) in [5.41, 5.74) is -0.886. The molecule has 17 heavy (non-hydrogen) atoms. The van der Waals surface area contributed by atoms with Gasteiger partial charge in [-0.25, -0.2) is 4.79 Å². The molecule has 94 valence electrons. The van der Waals surface area contributed by atoms with Crippen molar-refractivity contribution in [3.05, 3.63) is 26.9 Å². The summed E-state index contributed by atoms with van der Waals surface area (Å²) in [5, 5.41) is 2.68. The average Bonchev–Trinajstić information content (AvgIpc) is 2.30. The van der Waals surface area contributed by atoms with Gasteiger partial charge < -0.3 is 10.1 Å². The third-order valence-electron chi connectivity index (χ3n) is 2.25. The van der Waals surface area contributed by atoms with Crippen molar-refractivity contribution in [1.82, 2.24) is 9.13 Å². The number of anilines is 1. The van der Waals surface area contributed by atoms with Crippen molar-refractivity contribution in [3.8, 4) is 0 Å².